The Bertz CT molecular complexity index is 1280. The fourth-order valence-corrected chi connectivity index (χ4v) is 5.79. The number of carbonyl (C=O) groups excluding carboxylic acids is 1. The number of nitrogens with zero attached hydrogens (tertiary/aromatic N) is 1. The van der Waals surface area contributed by atoms with Crippen LogP contribution in [0.1, 0.15) is 35.2 Å². The fraction of sp³-hybridized carbons (Fsp3) is 0.240. The summed E-state index contributed by atoms with van der Waals surface area (Å²) in [5.74, 6) is -0.345. The second kappa shape index (κ2) is 7.85. The van der Waals surface area contributed by atoms with E-state index in [0.29, 0.717) is 11.3 Å². The van der Waals surface area contributed by atoms with Crippen molar-refractivity contribution in [2.24, 2.45) is 0 Å². The standard InChI is InChI=1S/C25H26N2O3S/c1-16-9-11-18(3)21(13-16)19(4)26-25(28)15-27-23-12-10-17(2)14-22(23)20-7-5-6-8-24(20)31(27,29)30/h5-14,19H,15H2,1-4H3,(H,26,28). The van der Waals surface area contributed by atoms with Gasteiger partial charge in [-0.2, -0.15) is 0 Å². The molecule has 3 aromatic carbocycles. The number of anilines is 1. The van der Waals surface area contributed by atoms with Gasteiger partial charge in [0.2, 0.25) is 5.91 Å². The number of carbonyl (C=O) groups is 1. The van der Waals surface area contributed by atoms with E-state index in [1.807, 2.05) is 70.2 Å². The van der Waals surface area contributed by atoms with E-state index in [1.54, 1.807) is 18.2 Å². The fourth-order valence-electron chi connectivity index (χ4n) is 4.14. The lowest BCUT2D eigenvalue weighted by Crippen LogP contribution is -2.43. The van der Waals surface area contributed by atoms with Crippen molar-refractivity contribution in [1.82, 2.24) is 5.32 Å². The van der Waals surface area contributed by atoms with Crippen LogP contribution in [0, 0.1) is 20.8 Å². The lowest BCUT2D eigenvalue weighted by atomic mass is 10.00. The predicted octanol–water partition coefficient (Wildman–Crippen LogP) is 4.66. The Morgan fingerprint density at radius 1 is 0.935 bits per heavy atom. The average molecular weight is 435 g/mol. The molecule has 1 aliphatic rings. The number of aryl methyl sites for hydroxylation is 3. The van der Waals surface area contributed by atoms with Crippen LogP contribution in [0.5, 0.6) is 0 Å². The number of hydrogen-bond acceptors (Lipinski definition) is 3. The molecule has 160 valence electrons. The molecule has 0 bridgehead atoms. The Hall–Kier alpha value is -3.12. The highest BCUT2D eigenvalue weighted by molar-refractivity contribution is 7.93. The quantitative estimate of drug-likeness (QED) is 0.649. The number of rotatable bonds is 4. The van der Waals surface area contributed by atoms with E-state index in [9.17, 15) is 13.2 Å². The summed E-state index contributed by atoms with van der Waals surface area (Å²) in [5.41, 5.74) is 6.26. The van der Waals surface area contributed by atoms with Gasteiger partial charge in [-0.05, 0) is 57.0 Å². The third kappa shape index (κ3) is 3.83. The molecule has 0 radical (unpaired) electrons. The van der Waals surface area contributed by atoms with Gasteiger partial charge < -0.3 is 5.32 Å². The molecule has 6 heteroatoms. The summed E-state index contributed by atoms with van der Waals surface area (Å²) in [7, 11) is -3.85. The van der Waals surface area contributed by atoms with Crippen molar-refractivity contribution < 1.29 is 13.2 Å². The Morgan fingerprint density at radius 3 is 2.39 bits per heavy atom. The van der Waals surface area contributed by atoms with E-state index in [-0.39, 0.29) is 23.4 Å². The third-order valence-electron chi connectivity index (χ3n) is 5.73. The minimum absolute atomic E-state index is 0.225. The van der Waals surface area contributed by atoms with Gasteiger partial charge in [-0.3, -0.25) is 9.10 Å². The summed E-state index contributed by atoms with van der Waals surface area (Å²) in [4.78, 5) is 13.2. The smallest absolute Gasteiger partial charge is 0.265 e. The van der Waals surface area contributed by atoms with Crippen molar-refractivity contribution >= 4 is 21.6 Å². The molecule has 1 heterocycles. The molecule has 0 fully saturated rings. The zero-order valence-electron chi connectivity index (χ0n) is 18.1. The van der Waals surface area contributed by atoms with Crippen LogP contribution < -0.4 is 9.62 Å². The number of sulfonamides is 1. The first-order valence-corrected chi connectivity index (χ1v) is 11.7. The molecule has 0 saturated carbocycles. The van der Waals surface area contributed by atoms with Gasteiger partial charge in [-0.15, -0.1) is 0 Å². The number of fused-ring (bicyclic) bond motifs is 3. The van der Waals surface area contributed by atoms with Crippen molar-refractivity contribution in [1.29, 1.82) is 0 Å². The molecule has 1 aliphatic heterocycles. The van der Waals surface area contributed by atoms with E-state index < -0.39 is 10.0 Å². The van der Waals surface area contributed by atoms with Crippen molar-refractivity contribution in [3.8, 4) is 11.1 Å². The molecule has 31 heavy (non-hydrogen) atoms. The zero-order valence-corrected chi connectivity index (χ0v) is 19.0. The largest absolute Gasteiger partial charge is 0.348 e. The summed E-state index contributed by atoms with van der Waals surface area (Å²) in [6.45, 7) is 7.62. The SMILES string of the molecule is Cc1ccc2c(c1)-c1ccccc1S(=O)(=O)N2CC(=O)NC(C)c1cc(C)ccc1C. The maximum Gasteiger partial charge on any atom is 0.265 e. The maximum absolute atomic E-state index is 13.4. The van der Waals surface area contributed by atoms with Crippen molar-refractivity contribution in [3.05, 3.63) is 82.9 Å². The van der Waals surface area contributed by atoms with Gasteiger partial charge in [0, 0.05) is 11.1 Å². The molecule has 1 N–H and O–H groups in total. The van der Waals surface area contributed by atoms with E-state index in [2.05, 4.69) is 5.32 Å². The van der Waals surface area contributed by atoms with Gasteiger partial charge in [0.05, 0.1) is 16.6 Å². The number of hydrogen-bond donors (Lipinski definition) is 1. The van der Waals surface area contributed by atoms with E-state index in [1.165, 1.54) is 4.31 Å². The number of amides is 1. The molecule has 0 aliphatic carbocycles. The summed E-state index contributed by atoms with van der Waals surface area (Å²) in [6.07, 6.45) is 0. The highest BCUT2D eigenvalue weighted by atomic mass is 32.2. The molecule has 4 rings (SSSR count). The van der Waals surface area contributed by atoms with Gasteiger partial charge in [-0.1, -0.05) is 53.6 Å². The van der Waals surface area contributed by atoms with Crippen LogP contribution in [-0.4, -0.2) is 20.9 Å². The topological polar surface area (TPSA) is 66.5 Å². The molecule has 3 aromatic rings. The van der Waals surface area contributed by atoms with Gasteiger partial charge in [0.15, 0.2) is 0 Å². The Labute approximate surface area is 183 Å². The molecule has 0 saturated heterocycles. The third-order valence-corrected chi connectivity index (χ3v) is 7.55. The summed E-state index contributed by atoms with van der Waals surface area (Å²) >= 11 is 0. The van der Waals surface area contributed by atoms with Gasteiger partial charge in [0.1, 0.15) is 6.54 Å². The normalized spacial score (nSPS) is 15.0. The summed E-state index contributed by atoms with van der Waals surface area (Å²) < 4.78 is 28.0. The van der Waals surface area contributed by atoms with Crippen molar-refractivity contribution in [2.75, 3.05) is 10.8 Å². The maximum atomic E-state index is 13.4. The van der Waals surface area contributed by atoms with Crippen LogP contribution in [0.2, 0.25) is 0 Å². The average Bonchev–Trinajstić information content (AvgIpc) is 2.73. The molecule has 1 atom stereocenters. The second-order valence-corrected chi connectivity index (χ2v) is 10.0. The minimum atomic E-state index is -3.85. The zero-order chi connectivity index (χ0) is 22.3. The van der Waals surface area contributed by atoms with Crippen LogP contribution >= 0.6 is 0 Å². The number of benzene rings is 3. The highest BCUT2D eigenvalue weighted by Gasteiger charge is 2.36. The van der Waals surface area contributed by atoms with Crippen LogP contribution in [-0.2, 0) is 14.8 Å². The molecule has 0 spiro atoms. The van der Waals surface area contributed by atoms with E-state index >= 15 is 0 Å². The van der Waals surface area contributed by atoms with Crippen molar-refractivity contribution in [3.63, 3.8) is 0 Å². The molecular formula is C25H26N2O3S. The van der Waals surface area contributed by atoms with Crippen molar-refractivity contribution in [2.45, 2.75) is 38.6 Å². The minimum Gasteiger partial charge on any atom is -0.348 e. The first-order valence-electron chi connectivity index (χ1n) is 10.3. The second-order valence-electron chi connectivity index (χ2n) is 8.18. The van der Waals surface area contributed by atoms with Crippen LogP contribution in [0.3, 0.4) is 0 Å². The Kier molecular flexibility index (Phi) is 5.35. The first-order chi connectivity index (χ1) is 14.7. The molecule has 5 nitrogen and oxygen atoms in total. The van der Waals surface area contributed by atoms with Gasteiger partial charge >= 0.3 is 0 Å². The Morgan fingerprint density at radius 2 is 1.61 bits per heavy atom. The molecule has 1 amide bonds. The summed E-state index contributed by atoms with van der Waals surface area (Å²) in [5, 5.41) is 2.97. The first kappa shape index (κ1) is 21.1. The van der Waals surface area contributed by atoms with E-state index in [0.717, 1.165) is 27.8 Å². The lowest BCUT2D eigenvalue weighted by Gasteiger charge is -2.32. The number of nitrogens with one attached hydrogen (secondary N) is 1. The summed E-state index contributed by atoms with van der Waals surface area (Å²) in [6, 6.07) is 18.4. The van der Waals surface area contributed by atoms with Gasteiger partial charge in [-0.25, -0.2) is 8.42 Å². The molecule has 0 aromatic heterocycles. The molecular weight excluding hydrogens is 408 g/mol. The monoisotopic (exact) mass is 434 g/mol. The van der Waals surface area contributed by atoms with Crippen LogP contribution in [0.4, 0.5) is 5.69 Å². The Balaban J connectivity index is 1.67. The van der Waals surface area contributed by atoms with E-state index in [4.69, 9.17) is 0 Å². The predicted molar refractivity (Wildman–Crippen MR) is 124 cm³/mol. The molecule has 1 unspecified atom stereocenters. The lowest BCUT2D eigenvalue weighted by molar-refractivity contribution is -0.120. The highest BCUT2D eigenvalue weighted by Crippen LogP contribution is 2.43. The van der Waals surface area contributed by atoms with Crippen LogP contribution in [0.15, 0.2) is 65.6 Å². The van der Waals surface area contributed by atoms with Crippen LogP contribution in [0.25, 0.3) is 11.1 Å². The van der Waals surface area contributed by atoms with Gasteiger partial charge in [0.25, 0.3) is 10.0 Å².